The van der Waals surface area contributed by atoms with E-state index in [4.69, 9.17) is 5.11 Å². The van der Waals surface area contributed by atoms with Crippen molar-refractivity contribution < 1.29 is 9.90 Å². The molecular weight excluding hydrogens is 284 g/mol. The third kappa shape index (κ3) is 4.00. The number of benzene rings is 1. The van der Waals surface area contributed by atoms with Crippen LogP contribution in [0.5, 0.6) is 0 Å². The summed E-state index contributed by atoms with van der Waals surface area (Å²) in [5, 5.41) is 9.70. The molecule has 2 rings (SSSR count). The maximum Gasteiger partial charge on any atom is 0.313 e. The number of para-hydroxylation sites is 1. The van der Waals surface area contributed by atoms with Gasteiger partial charge in [-0.3, -0.25) is 4.79 Å². The van der Waals surface area contributed by atoms with E-state index in [1.807, 2.05) is 19.1 Å². The first-order valence-corrected chi connectivity index (χ1v) is 8.28. The fourth-order valence-corrected chi connectivity index (χ4v) is 3.13. The van der Waals surface area contributed by atoms with Crippen LogP contribution in [0.2, 0.25) is 0 Å². The van der Waals surface area contributed by atoms with Gasteiger partial charge in [-0.25, -0.2) is 4.98 Å². The van der Waals surface area contributed by atoms with E-state index < -0.39 is 5.97 Å². The van der Waals surface area contributed by atoms with Crippen molar-refractivity contribution in [2.24, 2.45) is 5.92 Å². The minimum absolute atomic E-state index is 0.0482. The van der Waals surface area contributed by atoms with Gasteiger partial charge in [0.2, 0.25) is 0 Å². The van der Waals surface area contributed by atoms with Gasteiger partial charge in [-0.2, -0.15) is 0 Å². The average molecular weight is 306 g/mol. The molecule has 114 valence electrons. The van der Waals surface area contributed by atoms with Crippen molar-refractivity contribution in [1.82, 2.24) is 9.55 Å². The zero-order valence-corrected chi connectivity index (χ0v) is 13.6. The van der Waals surface area contributed by atoms with Crippen molar-refractivity contribution in [3.8, 4) is 0 Å². The Morgan fingerprint density at radius 2 is 2.19 bits per heavy atom. The summed E-state index contributed by atoms with van der Waals surface area (Å²) in [6.45, 7) is 7.37. The molecule has 21 heavy (non-hydrogen) atoms. The maximum atomic E-state index is 10.8. The summed E-state index contributed by atoms with van der Waals surface area (Å²) in [4.78, 5) is 15.5. The van der Waals surface area contributed by atoms with Crippen LogP contribution in [-0.2, 0) is 11.3 Å². The summed E-state index contributed by atoms with van der Waals surface area (Å²) in [6.07, 6.45) is 2.24. The fourth-order valence-electron chi connectivity index (χ4n) is 2.38. The predicted octanol–water partition coefficient (Wildman–Crippen LogP) is 3.96. The van der Waals surface area contributed by atoms with Gasteiger partial charge in [0.05, 0.1) is 16.8 Å². The van der Waals surface area contributed by atoms with E-state index in [1.165, 1.54) is 11.8 Å². The standard InChI is InChI=1S/C16H22N2O2S/c1-11(2)6-5-9-18-13-8-4-7-12(3)15(13)17-16(18)21-10-14(19)20/h4,7-8,11H,5-6,9-10H2,1-3H3,(H,19,20). The smallest absolute Gasteiger partial charge is 0.313 e. The topological polar surface area (TPSA) is 55.1 Å². The molecule has 0 unspecified atom stereocenters. The van der Waals surface area contributed by atoms with E-state index in [0.29, 0.717) is 5.92 Å². The first-order chi connectivity index (χ1) is 9.99. The summed E-state index contributed by atoms with van der Waals surface area (Å²) < 4.78 is 2.16. The number of carboxylic acids is 1. The Labute approximate surface area is 129 Å². The molecule has 1 N–H and O–H groups in total. The van der Waals surface area contributed by atoms with Crippen LogP contribution >= 0.6 is 11.8 Å². The molecule has 0 bridgehead atoms. The number of aromatic nitrogens is 2. The highest BCUT2D eigenvalue weighted by Gasteiger charge is 2.13. The highest BCUT2D eigenvalue weighted by atomic mass is 32.2. The van der Waals surface area contributed by atoms with E-state index >= 15 is 0 Å². The summed E-state index contributed by atoms with van der Waals surface area (Å²) >= 11 is 1.30. The minimum atomic E-state index is -0.808. The van der Waals surface area contributed by atoms with Gasteiger partial charge < -0.3 is 9.67 Å². The zero-order chi connectivity index (χ0) is 15.4. The summed E-state index contributed by atoms with van der Waals surface area (Å²) in [6, 6.07) is 6.14. The molecule has 1 aromatic heterocycles. The maximum absolute atomic E-state index is 10.8. The Balaban J connectivity index is 2.30. The van der Waals surface area contributed by atoms with E-state index in [2.05, 4.69) is 29.5 Å². The van der Waals surface area contributed by atoms with E-state index in [1.54, 1.807) is 0 Å². The molecule has 0 aliphatic heterocycles. The molecule has 4 nitrogen and oxygen atoms in total. The molecule has 0 fully saturated rings. The third-order valence-electron chi connectivity index (χ3n) is 3.43. The highest BCUT2D eigenvalue weighted by Crippen LogP contribution is 2.26. The van der Waals surface area contributed by atoms with Gasteiger partial charge in [0.1, 0.15) is 0 Å². The average Bonchev–Trinajstić information content (AvgIpc) is 2.76. The number of fused-ring (bicyclic) bond motifs is 1. The highest BCUT2D eigenvalue weighted by molar-refractivity contribution is 7.99. The van der Waals surface area contributed by atoms with Crippen molar-refractivity contribution >= 4 is 28.8 Å². The molecule has 0 aliphatic carbocycles. The van der Waals surface area contributed by atoms with Crippen LogP contribution in [0.3, 0.4) is 0 Å². The lowest BCUT2D eigenvalue weighted by molar-refractivity contribution is -0.133. The van der Waals surface area contributed by atoms with Gasteiger partial charge in [-0.15, -0.1) is 0 Å². The van der Waals surface area contributed by atoms with Crippen molar-refractivity contribution in [3.05, 3.63) is 23.8 Å². The first-order valence-electron chi connectivity index (χ1n) is 7.29. The first kappa shape index (κ1) is 15.9. The number of nitrogens with zero attached hydrogens (tertiary/aromatic N) is 2. The largest absolute Gasteiger partial charge is 0.481 e. The van der Waals surface area contributed by atoms with Gasteiger partial charge in [0.15, 0.2) is 5.16 Å². The number of thioether (sulfide) groups is 1. The molecular formula is C16H22N2O2S. The Hall–Kier alpha value is -1.49. The summed E-state index contributed by atoms with van der Waals surface area (Å²) in [5.74, 6) is -0.0822. The number of hydrogen-bond acceptors (Lipinski definition) is 3. The molecule has 0 saturated carbocycles. The quantitative estimate of drug-likeness (QED) is 0.787. The number of aliphatic carboxylic acids is 1. The Kier molecular flexibility index (Phi) is 5.28. The Bertz CT molecular complexity index is 634. The van der Waals surface area contributed by atoms with Crippen molar-refractivity contribution in [2.45, 2.75) is 45.3 Å². The number of carboxylic acid groups (broad SMARTS) is 1. The zero-order valence-electron chi connectivity index (χ0n) is 12.8. The molecule has 1 heterocycles. The molecule has 1 aromatic carbocycles. The van der Waals surface area contributed by atoms with Gasteiger partial charge in [-0.05, 0) is 37.3 Å². The molecule has 0 aliphatic rings. The lowest BCUT2D eigenvalue weighted by atomic mass is 10.1. The molecule has 0 spiro atoms. The van der Waals surface area contributed by atoms with Crippen LogP contribution in [-0.4, -0.2) is 26.4 Å². The second kappa shape index (κ2) is 6.98. The van der Waals surface area contributed by atoms with Gasteiger partial charge in [0.25, 0.3) is 0 Å². The van der Waals surface area contributed by atoms with Crippen molar-refractivity contribution in [1.29, 1.82) is 0 Å². The minimum Gasteiger partial charge on any atom is -0.481 e. The number of carbonyl (C=O) groups is 1. The fraction of sp³-hybridized carbons (Fsp3) is 0.500. The van der Waals surface area contributed by atoms with Crippen molar-refractivity contribution in [2.75, 3.05) is 5.75 Å². The van der Waals surface area contributed by atoms with Crippen LogP contribution < -0.4 is 0 Å². The predicted molar refractivity (Wildman–Crippen MR) is 86.9 cm³/mol. The van der Waals surface area contributed by atoms with Crippen LogP contribution in [0.4, 0.5) is 0 Å². The molecule has 2 aromatic rings. The van der Waals surface area contributed by atoms with Crippen LogP contribution in [0.1, 0.15) is 32.3 Å². The Morgan fingerprint density at radius 1 is 1.43 bits per heavy atom. The van der Waals surface area contributed by atoms with Crippen LogP contribution in [0, 0.1) is 12.8 Å². The summed E-state index contributed by atoms with van der Waals surface area (Å²) in [7, 11) is 0. The summed E-state index contributed by atoms with van der Waals surface area (Å²) in [5.41, 5.74) is 3.22. The van der Waals surface area contributed by atoms with Crippen LogP contribution in [0.15, 0.2) is 23.4 Å². The molecule has 0 radical (unpaired) electrons. The monoisotopic (exact) mass is 306 g/mol. The van der Waals surface area contributed by atoms with Gasteiger partial charge in [-0.1, -0.05) is 37.7 Å². The third-order valence-corrected chi connectivity index (χ3v) is 4.39. The van der Waals surface area contributed by atoms with E-state index in [0.717, 1.165) is 41.1 Å². The second-order valence-corrected chi connectivity index (χ2v) is 6.65. The lowest BCUT2D eigenvalue weighted by Crippen LogP contribution is -2.04. The SMILES string of the molecule is Cc1cccc2c1nc(SCC(=O)O)n2CCCC(C)C. The molecule has 5 heteroatoms. The molecule has 0 amide bonds. The lowest BCUT2D eigenvalue weighted by Gasteiger charge is -2.09. The van der Waals surface area contributed by atoms with Gasteiger partial charge >= 0.3 is 5.97 Å². The van der Waals surface area contributed by atoms with E-state index in [-0.39, 0.29) is 5.75 Å². The van der Waals surface area contributed by atoms with Crippen molar-refractivity contribution in [3.63, 3.8) is 0 Å². The normalized spacial score (nSPS) is 11.4. The number of aryl methyl sites for hydroxylation is 2. The van der Waals surface area contributed by atoms with Gasteiger partial charge in [0, 0.05) is 6.54 Å². The molecule has 0 atom stereocenters. The second-order valence-electron chi connectivity index (χ2n) is 5.71. The van der Waals surface area contributed by atoms with E-state index in [9.17, 15) is 4.79 Å². The number of rotatable bonds is 7. The number of imidazole rings is 1. The van der Waals surface area contributed by atoms with Crippen LogP contribution in [0.25, 0.3) is 11.0 Å². The molecule has 0 saturated heterocycles. The Morgan fingerprint density at radius 3 is 2.86 bits per heavy atom. The number of hydrogen-bond donors (Lipinski definition) is 1.